The van der Waals surface area contributed by atoms with Crippen molar-refractivity contribution in [1.82, 2.24) is 10.2 Å². The van der Waals surface area contributed by atoms with Crippen LogP contribution in [0, 0.1) is 10.1 Å². The summed E-state index contributed by atoms with van der Waals surface area (Å²) >= 11 is 0. The third kappa shape index (κ3) is 4.61. The van der Waals surface area contributed by atoms with Crippen LogP contribution in [0.15, 0.2) is 24.3 Å². The van der Waals surface area contributed by atoms with Gasteiger partial charge in [-0.05, 0) is 45.6 Å². The van der Waals surface area contributed by atoms with E-state index in [4.69, 9.17) is 0 Å². The lowest BCUT2D eigenvalue weighted by molar-refractivity contribution is -0.385. The van der Waals surface area contributed by atoms with Crippen molar-refractivity contribution in [1.29, 1.82) is 0 Å². The van der Waals surface area contributed by atoms with Crippen LogP contribution < -0.4 is 5.32 Å². The second-order valence-electron chi connectivity index (χ2n) is 4.71. The fourth-order valence-corrected chi connectivity index (χ4v) is 2.31. The quantitative estimate of drug-likeness (QED) is 0.446. The molecule has 1 rings (SSSR count). The first-order valence-corrected chi connectivity index (χ1v) is 6.69. The van der Waals surface area contributed by atoms with Crippen molar-refractivity contribution in [3.8, 4) is 0 Å². The lowest BCUT2D eigenvalue weighted by Crippen LogP contribution is -2.27. The zero-order valence-electron chi connectivity index (χ0n) is 11.9. The molecule has 0 aromatic heterocycles. The van der Waals surface area contributed by atoms with E-state index < -0.39 is 0 Å². The van der Waals surface area contributed by atoms with Gasteiger partial charge in [-0.15, -0.1) is 0 Å². The zero-order valence-corrected chi connectivity index (χ0v) is 11.9. The molecule has 0 spiro atoms. The summed E-state index contributed by atoms with van der Waals surface area (Å²) in [4.78, 5) is 12.8. The molecule has 5 heteroatoms. The van der Waals surface area contributed by atoms with E-state index in [0.717, 1.165) is 31.5 Å². The van der Waals surface area contributed by atoms with E-state index in [9.17, 15) is 10.1 Å². The first-order chi connectivity index (χ1) is 9.10. The highest BCUT2D eigenvalue weighted by Gasteiger charge is 2.17. The number of nitrogens with one attached hydrogen (secondary N) is 1. The van der Waals surface area contributed by atoms with E-state index in [1.807, 2.05) is 13.1 Å². The van der Waals surface area contributed by atoms with E-state index in [-0.39, 0.29) is 16.7 Å². The summed E-state index contributed by atoms with van der Waals surface area (Å²) < 4.78 is 0. The largest absolute Gasteiger partial charge is 0.320 e. The summed E-state index contributed by atoms with van der Waals surface area (Å²) in [5.74, 6) is 0. The normalized spacial score (nSPS) is 12.6. The van der Waals surface area contributed by atoms with E-state index in [1.165, 1.54) is 6.07 Å². The number of hydrogen-bond donors (Lipinski definition) is 1. The van der Waals surface area contributed by atoms with Crippen molar-refractivity contribution >= 4 is 5.69 Å². The van der Waals surface area contributed by atoms with Gasteiger partial charge in [0, 0.05) is 18.2 Å². The lowest BCUT2D eigenvalue weighted by atomic mass is 10.0. The van der Waals surface area contributed by atoms with Crippen molar-refractivity contribution in [2.24, 2.45) is 0 Å². The first-order valence-electron chi connectivity index (χ1n) is 6.69. The van der Waals surface area contributed by atoms with Crippen molar-refractivity contribution in [3.63, 3.8) is 0 Å². The van der Waals surface area contributed by atoms with Gasteiger partial charge in [0.1, 0.15) is 0 Å². The van der Waals surface area contributed by atoms with Crippen molar-refractivity contribution < 1.29 is 4.92 Å². The molecule has 1 aromatic carbocycles. The lowest BCUT2D eigenvalue weighted by Gasteiger charge is -2.27. The van der Waals surface area contributed by atoms with Crippen LogP contribution in [0.2, 0.25) is 0 Å². The van der Waals surface area contributed by atoms with Gasteiger partial charge in [-0.25, -0.2) is 0 Å². The fraction of sp³-hybridized carbons (Fsp3) is 0.571. The molecule has 0 fully saturated rings. The summed E-state index contributed by atoms with van der Waals surface area (Å²) in [7, 11) is 4.01. The first kappa shape index (κ1) is 15.6. The van der Waals surface area contributed by atoms with Crippen LogP contribution in [0.3, 0.4) is 0 Å². The fourth-order valence-electron chi connectivity index (χ4n) is 2.31. The standard InChI is InChI=1S/C14H23N3O2/c1-4-14(16(3)10-6-9-15-2)12-7-5-8-13(11-12)17(18)19/h5,7-8,11,14-15H,4,6,9-10H2,1-3H3. The third-order valence-corrected chi connectivity index (χ3v) is 3.32. The van der Waals surface area contributed by atoms with Gasteiger partial charge in [0.15, 0.2) is 0 Å². The summed E-state index contributed by atoms with van der Waals surface area (Å²) in [6.45, 7) is 4.07. The van der Waals surface area contributed by atoms with Crippen molar-refractivity contribution in [2.45, 2.75) is 25.8 Å². The molecule has 0 aliphatic rings. The Morgan fingerprint density at radius 1 is 1.47 bits per heavy atom. The highest BCUT2D eigenvalue weighted by molar-refractivity contribution is 5.35. The second kappa shape index (κ2) is 7.86. The molecular formula is C14H23N3O2. The van der Waals surface area contributed by atoms with Gasteiger partial charge in [-0.2, -0.15) is 0 Å². The van der Waals surface area contributed by atoms with E-state index in [0.29, 0.717) is 0 Å². The van der Waals surface area contributed by atoms with Gasteiger partial charge in [0.2, 0.25) is 0 Å². The number of nitro groups is 1. The molecule has 106 valence electrons. The predicted molar refractivity (Wildman–Crippen MR) is 77.3 cm³/mol. The summed E-state index contributed by atoms with van der Waals surface area (Å²) in [6.07, 6.45) is 2.01. The van der Waals surface area contributed by atoms with E-state index in [2.05, 4.69) is 24.2 Å². The predicted octanol–water partition coefficient (Wildman–Crippen LogP) is 2.59. The number of benzene rings is 1. The Morgan fingerprint density at radius 2 is 2.21 bits per heavy atom. The van der Waals surface area contributed by atoms with Gasteiger partial charge >= 0.3 is 0 Å². The average molecular weight is 265 g/mol. The minimum atomic E-state index is -0.336. The van der Waals surface area contributed by atoms with Gasteiger partial charge in [-0.3, -0.25) is 15.0 Å². The van der Waals surface area contributed by atoms with Crippen molar-refractivity contribution in [3.05, 3.63) is 39.9 Å². The Morgan fingerprint density at radius 3 is 2.79 bits per heavy atom. The third-order valence-electron chi connectivity index (χ3n) is 3.32. The molecule has 1 N–H and O–H groups in total. The molecule has 5 nitrogen and oxygen atoms in total. The average Bonchev–Trinajstić information content (AvgIpc) is 2.40. The minimum absolute atomic E-state index is 0.166. The highest BCUT2D eigenvalue weighted by Crippen LogP contribution is 2.26. The number of nitro benzene ring substituents is 1. The Bertz CT molecular complexity index is 409. The topological polar surface area (TPSA) is 58.4 Å². The van der Waals surface area contributed by atoms with Crippen LogP contribution >= 0.6 is 0 Å². The van der Waals surface area contributed by atoms with Crippen LogP contribution in [-0.4, -0.2) is 37.0 Å². The maximum absolute atomic E-state index is 10.8. The molecule has 0 bridgehead atoms. The Hall–Kier alpha value is -1.46. The number of non-ortho nitro benzene ring substituents is 1. The summed E-state index contributed by atoms with van der Waals surface area (Å²) in [5, 5.41) is 14.0. The zero-order chi connectivity index (χ0) is 14.3. The van der Waals surface area contributed by atoms with Gasteiger partial charge in [0.25, 0.3) is 5.69 Å². The summed E-state index contributed by atoms with van der Waals surface area (Å²) in [5.41, 5.74) is 1.18. The molecule has 0 saturated carbocycles. The number of rotatable bonds is 8. The maximum Gasteiger partial charge on any atom is 0.269 e. The maximum atomic E-state index is 10.8. The van der Waals surface area contributed by atoms with E-state index >= 15 is 0 Å². The molecule has 19 heavy (non-hydrogen) atoms. The SMILES string of the molecule is CCC(c1cccc([N+](=O)[O-])c1)N(C)CCCNC. The Balaban J connectivity index is 2.78. The second-order valence-corrected chi connectivity index (χ2v) is 4.71. The molecular weight excluding hydrogens is 242 g/mol. The summed E-state index contributed by atoms with van der Waals surface area (Å²) in [6, 6.07) is 7.18. The minimum Gasteiger partial charge on any atom is -0.320 e. The highest BCUT2D eigenvalue weighted by atomic mass is 16.6. The molecule has 0 heterocycles. The molecule has 0 aliphatic heterocycles. The molecule has 1 unspecified atom stereocenters. The van der Waals surface area contributed by atoms with Crippen molar-refractivity contribution in [2.75, 3.05) is 27.2 Å². The van der Waals surface area contributed by atoms with Crippen LogP contribution in [-0.2, 0) is 0 Å². The number of hydrogen-bond acceptors (Lipinski definition) is 4. The molecule has 0 radical (unpaired) electrons. The van der Waals surface area contributed by atoms with Gasteiger partial charge in [0.05, 0.1) is 4.92 Å². The molecule has 0 saturated heterocycles. The smallest absolute Gasteiger partial charge is 0.269 e. The number of nitrogens with zero attached hydrogens (tertiary/aromatic N) is 2. The molecule has 0 amide bonds. The van der Waals surface area contributed by atoms with Crippen LogP contribution in [0.4, 0.5) is 5.69 Å². The van der Waals surface area contributed by atoms with Gasteiger partial charge < -0.3 is 5.32 Å². The molecule has 0 aliphatic carbocycles. The Labute approximate surface area is 114 Å². The van der Waals surface area contributed by atoms with Crippen LogP contribution in [0.5, 0.6) is 0 Å². The van der Waals surface area contributed by atoms with Crippen LogP contribution in [0.25, 0.3) is 0 Å². The van der Waals surface area contributed by atoms with Gasteiger partial charge in [-0.1, -0.05) is 19.1 Å². The Kier molecular flexibility index (Phi) is 6.45. The van der Waals surface area contributed by atoms with E-state index in [1.54, 1.807) is 12.1 Å². The molecule has 1 atom stereocenters. The van der Waals surface area contributed by atoms with Crippen LogP contribution in [0.1, 0.15) is 31.4 Å². The molecule has 1 aromatic rings. The monoisotopic (exact) mass is 265 g/mol.